The molecule has 6 heteroatoms. The van der Waals surface area contributed by atoms with Crippen molar-refractivity contribution in [2.24, 2.45) is 5.73 Å². The van der Waals surface area contributed by atoms with Crippen LogP contribution in [-0.2, 0) is 6.61 Å². The summed E-state index contributed by atoms with van der Waals surface area (Å²) in [5, 5.41) is 7.91. The Morgan fingerprint density at radius 2 is 2.13 bits per heavy atom. The molecule has 1 unspecified atom stereocenters. The molecule has 0 aliphatic heterocycles. The van der Waals surface area contributed by atoms with Crippen LogP contribution in [0.1, 0.15) is 4.88 Å². The maximum atomic E-state index is 5.93. The minimum Gasteiger partial charge on any atom is -0.470 e. The van der Waals surface area contributed by atoms with Crippen molar-refractivity contribution < 1.29 is 4.74 Å². The van der Waals surface area contributed by atoms with Crippen molar-refractivity contribution in [1.29, 1.82) is 0 Å². The molecule has 4 nitrogen and oxygen atoms in total. The number of thiol groups is 1. The predicted octanol–water partition coefficient (Wildman–Crippen LogP) is 3.54. The van der Waals surface area contributed by atoms with Crippen molar-refractivity contribution >= 4 is 40.4 Å². The number of ether oxygens (including phenoxy) is 1. The van der Waals surface area contributed by atoms with Gasteiger partial charge in [0.15, 0.2) is 0 Å². The third kappa shape index (κ3) is 3.96. The molecule has 0 aliphatic rings. The van der Waals surface area contributed by atoms with Gasteiger partial charge in [-0.3, -0.25) is 0 Å². The Morgan fingerprint density at radius 3 is 3.00 bits per heavy atom. The number of nitrogens with zero attached hydrogens (tertiary/aromatic N) is 1. The number of thiophene rings is 1. The molecule has 0 aliphatic carbocycles. The molecule has 0 radical (unpaired) electrons. The number of aromatic nitrogens is 1. The number of pyridine rings is 1. The van der Waals surface area contributed by atoms with Crippen LogP contribution in [0.4, 0.5) is 5.69 Å². The molecule has 0 bridgehead atoms. The fraction of sp³-hybridized carbons (Fsp3) is 0.235. The molecule has 2 aromatic heterocycles. The second-order valence-corrected chi connectivity index (χ2v) is 6.54. The summed E-state index contributed by atoms with van der Waals surface area (Å²) < 4.78 is 5.93. The van der Waals surface area contributed by atoms with Gasteiger partial charge in [0.2, 0.25) is 5.88 Å². The maximum Gasteiger partial charge on any atom is 0.237 e. The van der Waals surface area contributed by atoms with Gasteiger partial charge in [-0.05, 0) is 28.3 Å². The van der Waals surface area contributed by atoms with Crippen molar-refractivity contribution in [3.05, 3.63) is 52.9 Å². The number of fused-ring (bicyclic) bond motifs is 1. The fourth-order valence-corrected chi connectivity index (χ4v) is 3.29. The minimum atomic E-state index is -0.00682. The number of anilines is 1. The fourth-order valence-electron chi connectivity index (χ4n) is 2.24. The van der Waals surface area contributed by atoms with Crippen molar-refractivity contribution in [1.82, 2.24) is 4.98 Å². The Balaban J connectivity index is 1.70. The lowest BCUT2D eigenvalue weighted by Crippen LogP contribution is -2.30. The first kappa shape index (κ1) is 16.1. The van der Waals surface area contributed by atoms with Crippen LogP contribution in [0.2, 0.25) is 0 Å². The molecular formula is C17H19N3OS2. The largest absolute Gasteiger partial charge is 0.470 e. The van der Waals surface area contributed by atoms with E-state index in [4.69, 9.17) is 10.5 Å². The number of benzene rings is 1. The van der Waals surface area contributed by atoms with E-state index in [1.54, 1.807) is 17.5 Å². The van der Waals surface area contributed by atoms with Crippen LogP contribution < -0.4 is 15.8 Å². The van der Waals surface area contributed by atoms with Gasteiger partial charge >= 0.3 is 0 Å². The summed E-state index contributed by atoms with van der Waals surface area (Å²) in [5.41, 5.74) is 6.74. The standard InChI is InChI=1S/C17H19N3OS2/c18-13(10-22)8-20-15-6-3-7-19-17(15)21-9-16-14-5-2-1-4-12(14)11-23-16/h1-7,11,13,20,22H,8-10,18H2. The smallest absolute Gasteiger partial charge is 0.237 e. The van der Waals surface area contributed by atoms with Gasteiger partial charge in [-0.2, -0.15) is 12.6 Å². The average molecular weight is 345 g/mol. The molecule has 1 aromatic carbocycles. The van der Waals surface area contributed by atoms with Crippen LogP contribution >= 0.6 is 24.0 Å². The summed E-state index contributed by atoms with van der Waals surface area (Å²) in [4.78, 5) is 5.52. The molecule has 0 saturated carbocycles. The molecule has 0 saturated heterocycles. The molecule has 0 fully saturated rings. The summed E-state index contributed by atoms with van der Waals surface area (Å²) in [6.07, 6.45) is 1.73. The highest BCUT2D eigenvalue weighted by Crippen LogP contribution is 2.28. The van der Waals surface area contributed by atoms with Crippen LogP contribution in [0.5, 0.6) is 5.88 Å². The van der Waals surface area contributed by atoms with Crippen molar-refractivity contribution in [3.8, 4) is 5.88 Å². The first-order valence-electron chi connectivity index (χ1n) is 7.41. The molecule has 3 rings (SSSR count). The molecule has 0 amide bonds. The predicted molar refractivity (Wildman–Crippen MR) is 101 cm³/mol. The first-order valence-corrected chi connectivity index (χ1v) is 8.92. The van der Waals surface area contributed by atoms with Crippen LogP contribution in [-0.4, -0.2) is 23.3 Å². The van der Waals surface area contributed by atoms with E-state index < -0.39 is 0 Å². The SMILES string of the molecule is NC(CS)CNc1cccnc1OCc1scc2ccccc12. The zero-order valence-electron chi connectivity index (χ0n) is 12.6. The van der Waals surface area contributed by atoms with Gasteiger partial charge < -0.3 is 15.8 Å². The molecule has 3 N–H and O–H groups in total. The van der Waals surface area contributed by atoms with Gasteiger partial charge in [0.25, 0.3) is 0 Å². The minimum absolute atomic E-state index is 0.00682. The van der Waals surface area contributed by atoms with Crippen molar-refractivity contribution in [2.75, 3.05) is 17.6 Å². The van der Waals surface area contributed by atoms with E-state index in [0.717, 1.165) is 5.69 Å². The highest BCUT2D eigenvalue weighted by atomic mass is 32.1. The van der Waals surface area contributed by atoms with E-state index in [2.05, 4.69) is 40.4 Å². The monoisotopic (exact) mass is 345 g/mol. The zero-order chi connectivity index (χ0) is 16.1. The third-order valence-electron chi connectivity index (χ3n) is 3.49. The quantitative estimate of drug-likeness (QED) is 0.573. The van der Waals surface area contributed by atoms with Crippen LogP contribution in [0, 0.1) is 0 Å². The van der Waals surface area contributed by atoms with E-state index in [0.29, 0.717) is 24.8 Å². The lowest BCUT2D eigenvalue weighted by Gasteiger charge is -2.14. The highest BCUT2D eigenvalue weighted by molar-refractivity contribution is 7.80. The third-order valence-corrected chi connectivity index (χ3v) is 4.95. The molecule has 3 aromatic rings. The molecule has 1 atom stereocenters. The van der Waals surface area contributed by atoms with Crippen molar-refractivity contribution in [2.45, 2.75) is 12.6 Å². The average Bonchev–Trinajstić information content (AvgIpc) is 3.01. The van der Waals surface area contributed by atoms with E-state index >= 15 is 0 Å². The molecule has 0 spiro atoms. The van der Waals surface area contributed by atoms with Gasteiger partial charge in [-0.25, -0.2) is 4.98 Å². The lowest BCUT2D eigenvalue weighted by molar-refractivity contribution is 0.300. The van der Waals surface area contributed by atoms with Crippen molar-refractivity contribution in [3.63, 3.8) is 0 Å². The Hall–Kier alpha value is -1.76. The van der Waals surface area contributed by atoms with Crippen LogP contribution in [0.25, 0.3) is 10.8 Å². The number of nitrogens with one attached hydrogen (secondary N) is 1. The zero-order valence-corrected chi connectivity index (χ0v) is 14.3. The van der Waals surface area contributed by atoms with E-state index in [9.17, 15) is 0 Å². The Morgan fingerprint density at radius 1 is 1.26 bits per heavy atom. The Kier molecular flexibility index (Phi) is 5.38. The molecular weight excluding hydrogens is 326 g/mol. The molecule has 120 valence electrons. The summed E-state index contributed by atoms with van der Waals surface area (Å²) in [7, 11) is 0. The van der Waals surface area contributed by atoms with Gasteiger partial charge in [-0.1, -0.05) is 24.3 Å². The Labute approximate surface area is 145 Å². The molecule has 2 heterocycles. The van der Waals surface area contributed by atoms with Gasteiger partial charge in [0, 0.05) is 29.4 Å². The second-order valence-electron chi connectivity index (χ2n) is 5.21. The maximum absolute atomic E-state index is 5.93. The van der Waals surface area contributed by atoms with Gasteiger partial charge in [-0.15, -0.1) is 11.3 Å². The summed E-state index contributed by atoms with van der Waals surface area (Å²) in [5.74, 6) is 1.22. The number of hydrogen-bond acceptors (Lipinski definition) is 6. The lowest BCUT2D eigenvalue weighted by atomic mass is 10.2. The van der Waals surface area contributed by atoms with Crippen LogP contribution in [0.15, 0.2) is 48.0 Å². The summed E-state index contributed by atoms with van der Waals surface area (Å²) >= 11 is 5.90. The van der Waals surface area contributed by atoms with Gasteiger partial charge in [0.05, 0.1) is 5.69 Å². The first-order chi connectivity index (χ1) is 11.3. The highest BCUT2D eigenvalue weighted by Gasteiger charge is 2.09. The van der Waals surface area contributed by atoms with Crippen LogP contribution in [0.3, 0.4) is 0 Å². The number of hydrogen-bond donors (Lipinski definition) is 3. The normalized spacial score (nSPS) is 12.3. The second kappa shape index (κ2) is 7.68. The topological polar surface area (TPSA) is 60.2 Å². The van der Waals surface area contributed by atoms with E-state index in [1.807, 2.05) is 24.3 Å². The van der Waals surface area contributed by atoms with E-state index in [1.165, 1.54) is 15.6 Å². The van der Waals surface area contributed by atoms with Gasteiger partial charge in [0.1, 0.15) is 6.61 Å². The Bertz CT molecular complexity index is 775. The summed E-state index contributed by atoms with van der Waals surface area (Å²) in [6, 6.07) is 12.1. The number of rotatable bonds is 7. The summed E-state index contributed by atoms with van der Waals surface area (Å²) in [6.45, 7) is 1.13. The number of nitrogens with two attached hydrogens (primary N) is 1. The van der Waals surface area contributed by atoms with E-state index in [-0.39, 0.29) is 6.04 Å². The molecule has 23 heavy (non-hydrogen) atoms.